The van der Waals surface area contributed by atoms with Crippen LogP contribution in [-0.4, -0.2) is 11.4 Å². The van der Waals surface area contributed by atoms with Crippen LogP contribution >= 0.6 is 15.9 Å². The zero-order valence-electron chi connectivity index (χ0n) is 13.1. The van der Waals surface area contributed by atoms with Crippen LogP contribution in [0.4, 0.5) is 0 Å². The van der Waals surface area contributed by atoms with E-state index in [4.69, 9.17) is 4.74 Å². The lowest BCUT2D eigenvalue weighted by Gasteiger charge is -2.14. The summed E-state index contributed by atoms with van der Waals surface area (Å²) in [7, 11) is 0. The van der Waals surface area contributed by atoms with Crippen LogP contribution < -0.4 is 0 Å². The van der Waals surface area contributed by atoms with E-state index in [1.807, 2.05) is 12.1 Å². The minimum absolute atomic E-state index is 0.193. The first-order valence-electron chi connectivity index (χ1n) is 8.21. The van der Waals surface area contributed by atoms with Crippen molar-refractivity contribution in [2.24, 2.45) is 0 Å². The molecule has 1 aromatic carbocycles. The van der Waals surface area contributed by atoms with E-state index in [1.54, 1.807) is 0 Å². The molecule has 21 heavy (non-hydrogen) atoms. The van der Waals surface area contributed by atoms with Crippen LogP contribution in [0.15, 0.2) is 43.0 Å². The van der Waals surface area contributed by atoms with Crippen LogP contribution in [0.2, 0.25) is 0 Å². The number of hydrogen-bond acceptors (Lipinski definition) is 1. The molecule has 0 saturated heterocycles. The molecular weight excluding hydrogens is 324 g/mol. The highest BCUT2D eigenvalue weighted by Crippen LogP contribution is 2.13. The highest BCUT2D eigenvalue weighted by Gasteiger charge is 2.04. The van der Waals surface area contributed by atoms with Crippen molar-refractivity contribution >= 4 is 15.9 Å². The zero-order chi connectivity index (χ0) is 15.2. The third-order valence-electron chi connectivity index (χ3n) is 3.69. The number of hydrogen-bond donors (Lipinski definition) is 0. The number of rotatable bonds is 13. The summed E-state index contributed by atoms with van der Waals surface area (Å²) < 4.78 is 5.91. The van der Waals surface area contributed by atoms with Crippen molar-refractivity contribution in [3.05, 3.63) is 48.6 Å². The summed E-state index contributed by atoms with van der Waals surface area (Å²) in [4.78, 5) is 0. The molecule has 0 radical (unpaired) electrons. The van der Waals surface area contributed by atoms with Gasteiger partial charge in [-0.25, -0.2) is 0 Å². The maximum Gasteiger partial charge on any atom is 0.0757 e. The second-order valence-corrected chi connectivity index (χ2v) is 6.32. The smallest absolute Gasteiger partial charge is 0.0757 e. The van der Waals surface area contributed by atoms with Gasteiger partial charge in [0.25, 0.3) is 0 Å². The minimum Gasteiger partial charge on any atom is -0.369 e. The Balaban J connectivity index is 2.02. The summed E-state index contributed by atoms with van der Waals surface area (Å²) >= 11 is 3.48. The molecule has 118 valence electrons. The molecule has 0 aliphatic carbocycles. The Labute approximate surface area is 138 Å². The molecule has 0 N–H and O–H groups in total. The van der Waals surface area contributed by atoms with Crippen molar-refractivity contribution in [3.8, 4) is 0 Å². The standard InChI is InChI=1S/C19H29BrO/c1-2-19(21-17-18-13-9-8-10-14-18)15-11-6-4-3-5-7-12-16-20/h2,8-10,13-14,19H,1,3-7,11-12,15-17H2. The van der Waals surface area contributed by atoms with Crippen molar-refractivity contribution in [1.82, 2.24) is 0 Å². The third kappa shape index (κ3) is 9.87. The van der Waals surface area contributed by atoms with Crippen LogP contribution in [0, 0.1) is 0 Å². The fourth-order valence-corrected chi connectivity index (χ4v) is 2.77. The van der Waals surface area contributed by atoms with E-state index in [-0.39, 0.29) is 6.10 Å². The molecule has 1 aromatic rings. The molecule has 0 aliphatic rings. The Morgan fingerprint density at radius 3 is 2.19 bits per heavy atom. The van der Waals surface area contributed by atoms with Crippen LogP contribution in [0.25, 0.3) is 0 Å². The predicted octanol–water partition coefficient (Wildman–Crippen LogP) is 6.27. The SMILES string of the molecule is C=CC(CCCCCCCCCBr)OCc1ccccc1. The van der Waals surface area contributed by atoms with Crippen molar-refractivity contribution in [1.29, 1.82) is 0 Å². The summed E-state index contributed by atoms with van der Waals surface area (Å²) in [6.07, 6.45) is 12.6. The number of alkyl halides is 1. The lowest BCUT2D eigenvalue weighted by atomic mass is 10.1. The number of ether oxygens (including phenoxy) is 1. The Kier molecular flexibility index (Phi) is 11.5. The van der Waals surface area contributed by atoms with Gasteiger partial charge in [-0.3, -0.25) is 0 Å². The predicted molar refractivity (Wildman–Crippen MR) is 95.9 cm³/mol. The normalized spacial score (nSPS) is 12.2. The molecule has 1 unspecified atom stereocenters. The first kappa shape index (κ1) is 18.4. The summed E-state index contributed by atoms with van der Waals surface area (Å²) in [6, 6.07) is 10.3. The van der Waals surface area contributed by atoms with Crippen LogP contribution in [0.5, 0.6) is 0 Å². The first-order chi connectivity index (χ1) is 10.4. The molecule has 0 heterocycles. The molecule has 0 aliphatic heterocycles. The zero-order valence-corrected chi connectivity index (χ0v) is 14.7. The largest absolute Gasteiger partial charge is 0.369 e. The van der Waals surface area contributed by atoms with Crippen molar-refractivity contribution in [3.63, 3.8) is 0 Å². The molecule has 0 spiro atoms. The lowest BCUT2D eigenvalue weighted by Crippen LogP contribution is -2.09. The Bertz CT molecular complexity index is 350. The lowest BCUT2D eigenvalue weighted by molar-refractivity contribution is 0.0649. The minimum atomic E-state index is 0.193. The molecule has 1 nitrogen and oxygen atoms in total. The Morgan fingerprint density at radius 2 is 1.57 bits per heavy atom. The van der Waals surface area contributed by atoms with Gasteiger partial charge in [0.2, 0.25) is 0 Å². The van der Waals surface area contributed by atoms with Crippen LogP contribution in [0.3, 0.4) is 0 Å². The quantitative estimate of drug-likeness (QED) is 0.231. The molecule has 0 aromatic heterocycles. The average Bonchev–Trinajstić information content (AvgIpc) is 2.54. The fourth-order valence-electron chi connectivity index (χ4n) is 2.37. The number of benzene rings is 1. The molecule has 0 bridgehead atoms. The second kappa shape index (κ2) is 13.1. The summed E-state index contributed by atoms with van der Waals surface area (Å²) in [5.41, 5.74) is 1.23. The van der Waals surface area contributed by atoms with Gasteiger partial charge in [0.1, 0.15) is 0 Å². The monoisotopic (exact) mass is 352 g/mol. The van der Waals surface area contributed by atoms with E-state index >= 15 is 0 Å². The Hall–Kier alpha value is -0.600. The average molecular weight is 353 g/mol. The Morgan fingerprint density at radius 1 is 0.952 bits per heavy atom. The van der Waals surface area contributed by atoms with E-state index in [0.29, 0.717) is 6.61 Å². The number of unbranched alkanes of at least 4 members (excludes halogenated alkanes) is 6. The molecular formula is C19H29BrO. The van der Waals surface area contributed by atoms with Crippen molar-refractivity contribution in [2.75, 3.05) is 5.33 Å². The van der Waals surface area contributed by atoms with Gasteiger partial charge in [0.15, 0.2) is 0 Å². The molecule has 0 saturated carbocycles. The second-order valence-electron chi connectivity index (χ2n) is 5.52. The van der Waals surface area contributed by atoms with Gasteiger partial charge in [-0.05, 0) is 18.4 Å². The van der Waals surface area contributed by atoms with Gasteiger partial charge in [-0.1, -0.05) is 90.9 Å². The van der Waals surface area contributed by atoms with E-state index in [2.05, 4.69) is 46.8 Å². The highest BCUT2D eigenvalue weighted by molar-refractivity contribution is 9.09. The van der Waals surface area contributed by atoms with Gasteiger partial charge in [-0.15, -0.1) is 6.58 Å². The molecule has 2 heteroatoms. The third-order valence-corrected chi connectivity index (χ3v) is 4.25. The summed E-state index contributed by atoms with van der Waals surface area (Å²) in [6.45, 7) is 4.58. The topological polar surface area (TPSA) is 9.23 Å². The van der Waals surface area contributed by atoms with Gasteiger partial charge in [0.05, 0.1) is 12.7 Å². The van der Waals surface area contributed by atoms with E-state index in [9.17, 15) is 0 Å². The van der Waals surface area contributed by atoms with Gasteiger partial charge in [-0.2, -0.15) is 0 Å². The van der Waals surface area contributed by atoms with Crippen molar-refractivity contribution in [2.45, 2.75) is 64.1 Å². The fraction of sp³-hybridized carbons (Fsp3) is 0.579. The van der Waals surface area contributed by atoms with Crippen LogP contribution in [-0.2, 0) is 11.3 Å². The maximum absolute atomic E-state index is 5.91. The summed E-state index contributed by atoms with van der Waals surface area (Å²) in [5.74, 6) is 0. The van der Waals surface area contributed by atoms with E-state index in [1.165, 1.54) is 50.5 Å². The maximum atomic E-state index is 5.91. The van der Waals surface area contributed by atoms with Gasteiger partial charge < -0.3 is 4.74 Å². The molecule has 0 amide bonds. The first-order valence-corrected chi connectivity index (χ1v) is 9.33. The summed E-state index contributed by atoms with van der Waals surface area (Å²) in [5, 5.41) is 1.15. The highest BCUT2D eigenvalue weighted by atomic mass is 79.9. The van der Waals surface area contributed by atoms with Gasteiger partial charge in [0, 0.05) is 5.33 Å². The van der Waals surface area contributed by atoms with Crippen LogP contribution in [0.1, 0.15) is 56.9 Å². The molecule has 0 fully saturated rings. The number of halogens is 1. The van der Waals surface area contributed by atoms with E-state index < -0.39 is 0 Å². The van der Waals surface area contributed by atoms with E-state index in [0.717, 1.165) is 11.8 Å². The molecule has 1 rings (SSSR count). The van der Waals surface area contributed by atoms with Crippen molar-refractivity contribution < 1.29 is 4.74 Å². The van der Waals surface area contributed by atoms with Gasteiger partial charge >= 0.3 is 0 Å². The molecule has 1 atom stereocenters.